The van der Waals surface area contributed by atoms with Crippen LogP contribution in [0, 0.1) is 6.92 Å². The van der Waals surface area contributed by atoms with Gasteiger partial charge in [0.1, 0.15) is 6.54 Å². The summed E-state index contributed by atoms with van der Waals surface area (Å²) in [7, 11) is -3.68. The van der Waals surface area contributed by atoms with Crippen molar-refractivity contribution in [3.05, 3.63) is 71.9 Å². The fourth-order valence-electron chi connectivity index (χ4n) is 4.64. The molecule has 1 aliphatic heterocycles. The van der Waals surface area contributed by atoms with Gasteiger partial charge in [0, 0.05) is 61.5 Å². The standard InChI is InChI=1S/C25H27N5O3S2.H3N.H2/c1-18-15-29(23-6-4-3-5-22(18)23)17-24(31)30-13-12-28(16-19(30)2)20-7-9-21(10-8-20)35(32,33)27-25-26-11-14-34-25;;/h3-11,14-15,19H,12-13,16-17H2,1-2H3,(H,26,27);1H3;1H. The third-order valence-corrected chi connectivity index (χ3v) is 8.58. The number of benzene rings is 2. The first-order valence-corrected chi connectivity index (χ1v) is 13.8. The quantitative estimate of drug-likeness (QED) is 0.384. The summed E-state index contributed by atoms with van der Waals surface area (Å²) in [6.45, 7) is 6.42. The molecule has 5 rings (SSSR count). The summed E-state index contributed by atoms with van der Waals surface area (Å²) < 4.78 is 29.7. The highest BCUT2D eigenvalue weighted by atomic mass is 32.2. The van der Waals surface area contributed by atoms with Crippen LogP contribution in [0.15, 0.2) is 71.2 Å². The summed E-state index contributed by atoms with van der Waals surface area (Å²) in [5.41, 5.74) is 3.17. The molecule has 0 saturated carbocycles. The molecule has 192 valence electrons. The van der Waals surface area contributed by atoms with Gasteiger partial charge in [-0.3, -0.25) is 9.52 Å². The molecule has 1 unspecified atom stereocenters. The average Bonchev–Trinajstić information content (AvgIpc) is 3.46. The number of thiazole rings is 1. The second kappa shape index (κ2) is 10.3. The van der Waals surface area contributed by atoms with Crippen molar-refractivity contribution >= 4 is 49.0 Å². The molecular weight excluding hydrogens is 496 g/mol. The van der Waals surface area contributed by atoms with Gasteiger partial charge in [-0.25, -0.2) is 13.4 Å². The molecule has 0 spiro atoms. The summed E-state index contributed by atoms with van der Waals surface area (Å²) in [4.78, 5) is 21.5. The Bertz CT molecular complexity index is 1460. The number of nitrogens with one attached hydrogen (secondary N) is 1. The molecule has 0 bridgehead atoms. The van der Waals surface area contributed by atoms with Crippen molar-refractivity contribution in [2.24, 2.45) is 0 Å². The van der Waals surface area contributed by atoms with Gasteiger partial charge >= 0.3 is 0 Å². The highest BCUT2D eigenvalue weighted by molar-refractivity contribution is 7.93. The Hall–Kier alpha value is -3.41. The first-order valence-electron chi connectivity index (χ1n) is 11.4. The molecule has 36 heavy (non-hydrogen) atoms. The van der Waals surface area contributed by atoms with Crippen LogP contribution in [0.2, 0.25) is 0 Å². The zero-order valence-corrected chi connectivity index (χ0v) is 21.9. The minimum Gasteiger partial charge on any atom is -0.368 e. The van der Waals surface area contributed by atoms with Gasteiger partial charge < -0.3 is 20.5 Å². The van der Waals surface area contributed by atoms with Gasteiger partial charge in [0.25, 0.3) is 10.0 Å². The van der Waals surface area contributed by atoms with Gasteiger partial charge in [0.2, 0.25) is 5.91 Å². The second-order valence-corrected chi connectivity index (χ2v) is 11.4. The van der Waals surface area contributed by atoms with Crippen molar-refractivity contribution in [2.45, 2.75) is 31.3 Å². The van der Waals surface area contributed by atoms with E-state index in [1.807, 2.05) is 46.0 Å². The van der Waals surface area contributed by atoms with E-state index in [1.165, 1.54) is 22.3 Å². The summed E-state index contributed by atoms with van der Waals surface area (Å²) in [6.07, 6.45) is 3.60. The van der Waals surface area contributed by atoms with E-state index in [1.54, 1.807) is 23.7 Å². The van der Waals surface area contributed by atoms with Crippen LogP contribution in [0.5, 0.6) is 0 Å². The molecule has 1 fully saturated rings. The topological polar surface area (TPSA) is 123 Å². The van der Waals surface area contributed by atoms with E-state index in [0.29, 0.717) is 31.3 Å². The number of aryl methyl sites for hydroxylation is 1. The van der Waals surface area contributed by atoms with E-state index >= 15 is 0 Å². The minimum atomic E-state index is -3.68. The van der Waals surface area contributed by atoms with Crippen LogP contribution in [0.1, 0.15) is 13.9 Å². The van der Waals surface area contributed by atoms with E-state index in [9.17, 15) is 13.2 Å². The van der Waals surface area contributed by atoms with E-state index in [2.05, 4.69) is 34.5 Å². The number of sulfonamides is 1. The number of fused-ring (bicyclic) bond motifs is 1. The van der Waals surface area contributed by atoms with Crippen molar-refractivity contribution in [1.82, 2.24) is 20.6 Å². The monoisotopic (exact) mass is 528 g/mol. The summed E-state index contributed by atoms with van der Waals surface area (Å²) in [6, 6.07) is 15.0. The fourth-order valence-corrected chi connectivity index (χ4v) is 6.43. The number of piperazine rings is 1. The Labute approximate surface area is 216 Å². The molecule has 3 heterocycles. The summed E-state index contributed by atoms with van der Waals surface area (Å²) in [5.74, 6) is 0.104. The zero-order valence-electron chi connectivity index (χ0n) is 20.3. The number of carbonyl (C=O) groups is 1. The van der Waals surface area contributed by atoms with Crippen molar-refractivity contribution in [3.8, 4) is 0 Å². The highest BCUT2D eigenvalue weighted by Gasteiger charge is 2.28. The van der Waals surface area contributed by atoms with Gasteiger partial charge in [-0.15, -0.1) is 11.3 Å². The lowest BCUT2D eigenvalue weighted by Crippen LogP contribution is -2.54. The Balaban J connectivity index is 0.00000190. The van der Waals surface area contributed by atoms with Crippen LogP contribution in [-0.4, -0.2) is 54.5 Å². The Morgan fingerprint density at radius 3 is 2.61 bits per heavy atom. The van der Waals surface area contributed by atoms with Gasteiger partial charge in [-0.2, -0.15) is 0 Å². The number of hydrogen-bond donors (Lipinski definition) is 2. The predicted molar refractivity (Wildman–Crippen MR) is 147 cm³/mol. The van der Waals surface area contributed by atoms with Gasteiger partial charge in [-0.05, 0) is 49.7 Å². The first kappa shape index (κ1) is 25.7. The van der Waals surface area contributed by atoms with E-state index in [-0.39, 0.29) is 24.4 Å². The maximum absolute atomic E-state index is 13.2. The van der Waals surface area contributed by atoms with Crippen molar-refractivity contribution < 1.29 is 14.6 Å². The molecule has 1 amide bonds. The molecule has 0 radical (unpaired) electrons. The minimum absolute atomic E-state index is 0. The van der Waals surface area contributed by atoms with E-state index < -0.39 is 10.0 Å². The van der Waals surface area contributed by atoms with E-state index in [0.717, 1.165) is 11.2 Å². The van der Waals surface area contributed by atoms with Crippen molar-refractivity contribution in [3.63, 3.8) is 0 Å². The number of amides is 1. The fraction of sp³-hybridized carbons (Fsp3) is 0.280. The number of anilines is 2. The van der Waals surface area contributed by atoms with Gasteiger partial charge in [0.15, 0.2) is 5.13 Å². The van der Waals surface area contributed by atoms with Crippen LogP contribution in [0.4, 0.5) is 10.8 Å². The SMILES string of the molecule is Cc1cn(CC(=O)N2CCN(c3ccc(S(=O)(=O)Nc4nccs4)cc3)CC2C)c2ccccc12.N.[HH]. The zero-order chi connectivity index (χ0) is 24.6. The lowest BCUT2D eigenvalue weighted by Gasteiger charge is -2.41. The average molecular weight is 529 g/mol. The van der Waals surface area contributed by atoms with Gasteiger partial charge in [-0.1, -0.05) is 18.2 Å². The van der Waals surface area contributed by atoms with Crippen molar-refractivity contribution in [1.29, 1.82) is 0 Å². The normalized spacial score (nSPS) is 16.1. The number of para-hydroxylation sites is 1. The second-order valence-electron chi connectivity index (χ2n) is 8.78. The number of carbonyl (C=O) groups excluding carboxylic acids is 1. The summed E-state index contributed by atoms with van der Waals surface area (Å²) in [5, 5.41) is 3.23. The third kappa shape index (κ3) is 5.08. The lowest BCUT2D eigenvalue weighted by molar-refractivity contribution is -0.134. The lowest BCUT2D eigenvalue weighted by atomic mass is 10.1. The molecule has 2 aromatic carbocycles. The van der Waals surface area contributed by atoms with Crippen LogP contribution >= 0.6 is 11.3 Å². The molecule has 4 N–H and O–H groups in total. The highest BCUT2D eigenvalue weighted by Crippen LogP contribution is 2.25. The molecule has 11 heteroatoms. The molecule has 1 saturated heterocycles. The Morgan fingerprint density at radius 2 is 1.92 bits per heavy atom. The first-order chi connectivity index (χ1) is 16.8. The summed E-state index contributed by atoms with van der Waals surface area (Å²) >= 11 is 1.23. The molecule has 1 aliphatic rings. The molecule has 2 aromatic heterocycles. The van der Waals surface area contributed by atoms with Gasteiger partial charge in [0.05, 0.1) is 4.90 Å². The Kier molecular flexibility index (Phi) is 7.34. The van der Waals surface area contributed by atoms with Crippen LogP contribution in [-0.2, 0) is 21.4 Å². The molecule has 0 aliphatic carbocycles. The number of rotatable bonds is 6. The largest absolute Gasteiger partial charge is 0.368 e. The van der Waals surface area contributed by atoms with E-state index in [4.69, 9.17) is 0 Å². The third-order valence-electron chi connectivity index (χ3n) is 6.41. The maximum Gasteiger partial charge on any atom is 0.263 e. The number of nitrogens with zero attached hydrogens (tertiary/aromatic N) is 4. The van der Waals surface area contributed by atoms with Crippen LogP contribution in [0.3, 0.4) is 0 Å². The number of aromatic nitrogens is 2. The molecule has 1 atom stereocenters. The van der Waals surface area contributed by atoms with Crippen LogP contribution < -0.4 is 15.8 Å². The van der Waals surface area contributed by atoms with Crippen molar-refractivity contribution in [2.75, 3.05) is 29.3 Å². The predicted octanol–water partition coefficient (Wildman–Crippen LogP) is 4.35. The smallest absolute Gasteiger partial charge is 0.263 e. The number of hydrogen-bond acceptors (Lipinski definition) is 7. The Morgan fingerprint density at radius 1 is 1.17 bits per heavy atom. The van der Waals surface area contributed by atoms with Crippen LogP contribution in [0.25, 0.3) is 10.9 Å². The molecule has 4 aromatic rings. The molecular formula is C25H32N6O3S2. The molecule has 9 nitrogen and oxygen atoms in total. The maximum atomic E-state index is 13.2.